The molecule has 3 aliphatic rings. The van der Waals surface area contributed by atoms with Crippen molar-refractivity contribution >= 4 is 10.4 Å². The first-order valence-corrected chi connectivity index (χ1v) is 12.8. The third-order valence-corrected chi connectivity index (χ3v) is 6.43. The Kier molecular flexibility index (Phi) is 12.1. The summed E-state index contributed by atoms with van der Waals surface area (Å²) in [5.41, 5.74) is 17.9. The Morgan fingerprint density at radius 2 is 1.05 bits per heavy atom. The quantitative estimate of drug-likeness (QED) is 0.129. The van der Waals surface area contributed by atoms with E-state index in [4.69, 9.17) is 53.7 Å². The van der Waals surface area contributed by atoms with Gasteiger partial charge in [-0.25, -0.2) is 0 Å². The SMILES string of the molecule is N[C@@H]1[C@@H](O)[C@H](O[C@@H]2[C@@H](O)[C@@H](O[C@@H]3O[C@H](CO)[C@@H](O)[C@H](O)[C@H]3O)[C@@H](N)C[C@H]2N)O[C@H](CO)[C@H]1O.O=S(=O)(O)O. The number of aliphatic hydroxyl groups excluding tert-OH is 8. The zero-order chi connectivity index (χ0) is 29.1. The van der Waals surface area contributed by atoms with Gasteiger partial charge < -0.3 is 77.0 Å². The maximum atomic E-state index is 10.9. The number of rotatable bonds is 6. The Labute approximate surface area is 216 Å². The fourth-order valence-corrected chi connectivity index (χ4v) is 4.36. The monoisotopic (exact) mass is 583 g/mol. The van der Waals surface area contributed by atoms with E-state index in [-0.39, 0.29) is 6.42 Å². The molecule has 1 saturated carbocycles. The average Bonchev–Trinajstić information content (AvgIpc) is 2.83. The number of ether oxygens (including phenoxy) is 4. The van der Waals surface area contributed by atoms with Gasteiger partial charge in [0.2, 0.25) is 0 Å². The van der Waals surface area contributed by atoms with Crippen LogP contribution >= 0.6 is 0 Å². The van der Waals surface area contributed by atoms with Gasteiger partial charge in [0.15, 0.2) is 12.6 Å². The smallest absolute Gasteiger partial charge is 0.394 e. The van der Waals surface area contributed by atoms with Crippen LogP contribution in [0.1, 0.15) is 6.42 Å². The second-order valence-corrected chi connectivity index (χ2v) is 10.1. The van der Waals surface area contributed by atoms with E-state index in [9.17, 15) is 40.9 Å². The van der Waals surface area contributed by atoms with E-state index in [0.29, 0.717) is 0 Å². The summed E-state index contributed by atoms with van der Waals surface area (Å²) in [6.45, 7) is -1.27. The summed E-state index contributed by atoms with van der Waals surface area (Å²) in [5, 5.41) is 80.0. The lowest BCUT2D eigenvalue weighted by Crippen LogP contribution is -2.68. The van der Waals surface area contributed by atoms with E-state index in [0.717, 1.165) is 0 Å². The topological polar surface area (TPSA) is 351 Å². The largest absolute Gasteiger partial charge is 0.394 e. The van der Waals surface area contributed by atoms with Crippen molar-refractivity contribution in [3.05, 3.63) is 0 Å². The Morgan fingerprint density at radius 1 is 0.658 bits per heavy atom. The number of hydrogen-bond acceptors (Lipinski definition) is 17. The van der Waals surface area contributed by atoms with Crippen molar-refractivity contribution in [3.63, 3.8) is 0 Å². The molecule has 226 valence electrons. The summed E-state index contributed by atoms with van der Waals surface area (Å²) in [7, 11) is -4.67. The van der Waals surface area contributed by atoms with Crippen LogP contribution in [0.4, 0.5) is 0 Å². The van der Waals surface area contributed by atoms with E-state index >= 15 is 0 Å². The molecule has 15 atom stereocenters. The molecule has 3 fully saturated rings. The van der Waals surface area contributed by atoms with Gasteiger partial charge in [-0.1, -0.05) is 0 Å². The Balaban J connectivity index is 0.000000926. The minimum absolute atomic E-state index is 0.0603. The minimum atomic E-state index is -4.67. The normalized spacial score (nSPS) is 48.2. The number of nitrogens with two attached hydrogens (primary N) is 3. The van der Waals surface area contributed by atoms with Crippen molar-refractivity contribution in [1.29, 1.82) is 0 Å². The summed E-state index contributed by atoms with van der Waals surface area (Å²) in [6, 6.07) is -2.92. The van der Waals surface area contributed by atoms with Crippen LogP contribution in [0.3, 0.4) is 0 Å². The lowest BCUT2D eigenvalue weighted by atomic mass is 9.84. The van der Waals surface area contributed by atoms with E-state index in [1.165, 1.54) is 0 Å². The minimum Gasteiger partial charge on any atom is -0.394 e. The number of hydrogen-bond donors (Lipinski definition) is 13. The maximum absolute atomic E-state index is 10.9. The molecule has 2 aliphatic heterocycles. The van der Waals surface area contributed by atoms with Crippen molar-refractivity contribution in [2.75, 3.05) is 13.2 Å². The highest BCUT2D eigenvalue weighted by Crippen LogP contribution is 2.31. The lowest BCUT2D eigenvalue weighted by molar-refractivity contribution is -0.335. The highest BCUT2D eigenvalue weighted by molar-refractivity contribution is 7.79. The molecule has 2 saturated heterocycles. The highest BCUT2D eigenvalue weighted by atomic mass is 32.3. The van der Waals surface area contributed by atoms with Gasteiger partial charge in [0, 0.05) is 12.1 Å². The zero-order valence-corrected chi connectivity index (χ0v) is 20.7. The van der Waals surface area contributed by atoms with Gasteiger partial charge in [0.1, 0.15) is 61.0 Å². The molecule has 0 spiro atoms. The highest BCUT2D eigenvalue weighted by Gasteiger charge is 2.51. The standard InChI is InChI=1S/C18H35N3O12.H2O4S/c19-4-1-5(20)16(33-18-13(28)12(27)10(25)7(3-23)31-18)14(29)15(4)32-17-11(26)8(21)9(24)6(2-22)30-17;1-5(2,3)4/h4-18,22-29H,1-3,19-21H2;(H2,1,2,3,4)/t4-,5+,6-,7-,8+,9-,10-,11-,12+,13-,14-,15+,16+,17+,18+;/m1./s1. The molecule has 0 aromatic heterocycles. The predicted octanol–water partition coefficient (Wildman–Crippen LogP) is -7.91. The van der Waals surface area contributed by atoms with Crippen molar-refractivity contribution in [3.8, 4) is 0 Å². The predicted molar refractivity (Wildman–Crippen MR) is 120 cm³/mol. The summed E-state index contributed by atoms with van der Waals surface area (Å²) in [5.74, 6) is 0. The molecule has 0 unspecified atom stereocenters. The van der Waals surface area contributed by atoms with Crippen LogP contribution in [0.2, 0.25) is 0 Å². The first-order valence-electron chi connectivity index (χ1n) is 11.4. The first-order chi connectivity index (χ1) is 17.5. The molecule has 38 heavy (non-hydrogen) atoms. The first kappa shape index (κ1) is 33.5. The Bertz CT molecular complexity index is 780. The molecule has 19 nitrogen and oxygen atoms in total. The molecule has 0 aromatic rings. The van der Waals surface area contributed by atoms with Crippen LogP contribution in [0.25, 0.3) is 0 Å². The molecule has 16 N–H and O–H groups in total. The van der Waals surface area contributed by atoms with Crippen molar-refractivity contribution in [2.45, 2.75) is 98.2 Å². The van der Waals surface area contributed by atoms with Crippen LogP contribution < -0.4 is 17.2 Å². The molecular formula is C18H37N3O16S. The third-order valence-electron chi connectivity index (χ3n) is 6.43. The van der Waals surface area contributed by atoms with E-state index in [1.807, 2.05) is 0 Å². The molecule has 1 aliphatic carbocycles. The Hall–Kier alpha value is -0.730. The van der Waals surface area contributed by atoms with Crippen LogP contribution in [-0.4, -0.2) is 163 Å². The number of aliphatic hydroxyl groups is 8. The fraction of sp³-hybridized carbons (Fsp3) is 1.00. The van der Waals surface area contributed by atoms with Gasteiger partial charge in [-0.3, -0.25) is 9.11 Å². The van der Waals surface area contributed by atoms with Crippen LogP contribution in [0, 0.1) is 0 Å². The van der Waals surface area contributed by atoms with Crippen molar-refractivity contribution in [2.24, 2.45) is 17.2 Å². The van der Waals surface area contributed by atoms with Gasteiger partial charge >= 0.3 is 10.4 Å². The summed E-state index contributed by atoms with van der Waals surface area (Å²) in [6.07, 6.45) is -17.2. The average molecular weight is 584 g/mol. The molecular weight excluding hydrogens is 546 g/mol. The van der Waals surface area contributed by atoms with E-state index in [2.05, 4.69) is 0 Å². The zero-order valence-electron chi connectivity index (χ0n) is 19.8. The van der Waals surface area contributed by atoms with Crippen LogP contribution in [-0.2, 0) is 29.3 Å². The third kappa shape index (κ3) is 8.15. The summed E-state index contributed by atoms with van der Waals surface area (Å²) < 4.78 is 53.6. The summed E-state index contributed by atoms with van der Waals surface area (Å²) >= 11 is 0. The van der Waals surface area contributed by atoms with E-state index < -0.39 is 115 Å². The van der Waals surface area contributed by atoms with Crippen molar-refractivity contribution < 1.29 is 77.3 Å². The van der Waals surface area contributed by atoms with Gasteiger partial charge in [-0.05, 0) is 6.42 Å². The maximum Gasteiger partial charge on any atom is 0.394 e. The summed E-state index contributed by atoms with van der Waals surface area (Å²) in [4.78, 5) is 0. The fourth-order valence-electron chi connectivity index (χ4n) is 4.36. The molecule has 0 radical (unpaired) electrons. The van der Waals surface area contributed by atoms with Crippen molar-refractivity contribution in [1.82, 2.24) is 0 Å². The second kappa shape index (κ2) is 13.8. The molecule has 3 rings (SSSR count). The second-order valence-electron chi connectivity index (χ2n) is 9.18. The van der Waals surface area contributed by atoms with Crippen LogP contribution in [0.15, 0.2) is 0 Å². The Morgan fingerprint density at radius 3 is 1.47 bits per heavy atom. The van der Waals surface area contributed by atoms with E-state index in [1.54, 1.807) is 0 Å². The molecule has 20 heteroatoms. The van der Waals surface area contributed by atoms with Gasteiger partial charge in [0.05, 0.1) is 19.3 Å². The molecule has 0 aromatic carbocycles. The van der Waals surface area contributed by atoms with Gasteiger partial charge in [0.25, 0.3) is 0 Å². The molecule has 0 amide bonds. The van der Waals surface area contributed by atoms with Crippen LogP contribution in [0.5, 0.6) is 0 Å². The lowest BCUT2D eigenvalue weighted by Gasteiger charge is -2.48. The molecule has 0 bridgehead atoms. The van der Waals surface area contributed by atoms with Gasteiger partial charge in [-0.2, -0.15) is 8.42 Å². The molecule has 2 heterocycles. The van der Waals surface area contributed by atoms with Gasteiger partial charge in [-0.15, -0.1) is 0 Å².